The number of pyridine rings is 1. The van der Waals surface area contributed by atoms with E-state index in [1.54, 1.807) is 6.92 Å². The van der Waals surface area contributed by atoms with Crippen LogP contribution in [0.4, 0.5) is 5.69 Å². The summed E-state index contributed by atoms with van der Waals surface area (Å²) in [5.74, 6) is -1.90. The van der Waals surface area contributed by atoms with Gasteiger partial charge in [-0.3, -0.25) is 4.79 Å². The highest BCUT2D eigenvalue weighted by molar-refractivity contribution is 6.49. The van der Waals surface area contributed by atoms with Gasteiger partial charge in [-0.25, -0.2) is 9.78 Å². The van der Waals surface area contributed by atoms with Gasteiger partial charge in [-0.15, -0.1) is 0 Å². The number of carboxylic acid groups (broad SMARTS) is 1. The number of aromatic carboxylic acids is 1. The first kappa shape index (κ1) is 15.6. The van der Waals surface area contributed by atoms with E-state index in [2.05, 4.69) is 15.3 Å². The van der Waals surface area contributed by atoms with Gasteiger partial charge in [0.05, 0.1) is 20.8 Å². The Morgan fingerprint density at radius 3 is 2.57 bits per heavy atom. The van der Waals surface area contributed by atoms with Crippen LogP contribution in [0.5, 0.6) is 0 Å². The summed E-state index contributed by atoms with van der Waals surface area (Å²) in [5.41, 5.74) is 0.392. The molecule has 0 aromatic carbocycles. The molecule has 0 aliphatic heterocycles. The number of H-pyrrole nitrogens is 1. The van der Waals surface area contributed by atoms with E-state index < -0.39 is 11.9 Å². The average molecular weight is 349 g/mol. The lowest BCUT2D eigenvalue weighted by Crippen LogP contribution is -2.16. The Morgan fingerprint density at radius 1 is 1.29 bits per heavy atom. The molecule has 0 aliphatic rings. The van der Waals surface area contributed by atoms with Crippen LogP contribution in [0.2, 0.25) is 15.1 Å². The highest BCUT2D eigenvalue weighted by Gasteiger charge is 2.20. The van der Waals surface area contributed by atoms with E-state index in [1.165, 1.54) is 12.3 Å². The third-order valence-electron chi connectivity index (χ3n) is 2.55. The van der Waals surface area contributed by atoms with Crippen molar-refractivity contribution in [3.8, 4) is 0 Å². The Kier molecular flexibility index (Phi) is 4.41. The second kappa shape index (κ2) is 5.93. The molecule has 0 atom stereocenters. The maximum absolute atomic E-state index is 12.1. The quantitative estimate of drug-likeness (QED) is 0.789. The molecule has 0 bridgehead atoms. The van der Waals surface area contributed by atoms with Crippen molar-refractivity contribution >= 4 is 52.4 Å². The van der Waals surface area contributed by atoms with E-state index in [4.69, 9.17) is 39.9 Å². The SMILES string of the molecule is Cc1cc(NC(=O)c2ncc(Cl)c(Cl)c2Cl)c(C(=O)O)[nH]1. The van der Waals surface area contributed by atoms with Crippen LogP contribution in [-0.2, 0) is 0 Å². The fraction of sp³-hybridized carbons (Fsp3) is 0.0833. The molecule has 0 spiro atoms. The first-order valence-corrected chi connectivity index (χ1v) is 6.68. The van der Waals surface area contributed by atoms with Crippen molar-refractivity contribution in [1.29, 1.82) is 0 Å². The Hall–Kier alpha value is -1.76. The normalized spacial score (nSPS) is 10.5. The summed E-state index contributed by atoms with van der Waals surface area (Å²) in [7, 11) is 0. The van der Waals surface area contributed by atoms with E-state index in [-0.39, 0.29) is 32.1 Å². The molecule has 2 heterocycles. The summed E-state index contributed by atoms with van der Waals surface area (Å²) in [5, 5.41) is 11.5. The Bertz CT molecular complexity index is 743. The van der Waals surface area contributed by atoms with Gasteiger partial charge >= 0.3 is 5.97 Å². The molecule has 2 rings (SSSR count). The number of carboxylic acids is 1. The number of carbonyl (C=O) groups excluding carboxylic acids is 1. The summed E-state index contributed by atoms with van der Waals surface area (Å²) in [6, 6.07) is 1.48. The molecule has 9 heteroatoms. The fourth-order valence-electron chi connectivity index (χ4n) is 1.64. The van der Waals surface area contributed by atoms with Crippen molar-refractivity contribution in [2.24, 2.45) is 0 Å². The van der Waals surface area contributed by atoms with Crippen LogP contribution >= 0.6 is 34.8 Å². The van der Waals surface area contributed by atoms with E-state index in [0.717, 1.165) is 0 Å². The van der Waals surface area contributed by atoms with Crippen LogP contribution in [0.15, 0.2) is 12.3 Å². The van der Waals surface area contributed by atoms with Gasteiger partial charge in [-0.2, -0.15) is 0 Å². The molecule has 110 valence electrons. The van der Waals surface area contributed by atoms with Gasteiger partial charge in [0.1, 0.15) is 11.4 Å². The van der Waals surface area contributed by atoms with Gasteiger partial charge in [0.25, 0.3) is 5.91 Å². The Balaban J connectivity index is 2.35. The maximum atomic E-state index is 12.1. The standard InChI is InChI=1S/C12H8Cl3N3O3/c1-4-2-6(9(17-4)12(20)21)18-11(19)10-8(15)7(14)5(13)3-16-10/h2-3,17H,1H3,(H,18,19)(H,20,21). The lowest BCUT2D eigenvalue weighted by Gasteiger charge is -2.07. The van der Waals surface area contributed by atoms with Crippen molar-refractivity contribution in [1.82, 2.24) is 9.97 Å². The monoisotopic (exact) mass is 347 g/mol. The summed E-state index contributed by atoms with van der Waals surface area (Å²) in [6.45, 7) is 1.66. The summed E-state index contributed by atoms with van der Waals surface area (Å²) >= 11 is 17.5. The molecule has 0 radical (unpaired) electrons. The smallest absolute Gasteiger partial charge is 0.354 e. The number of nitrogens with one attached hydrogen (secondary N) is 2. The summed E-state index contributed by atoms with van der Waals surface area (Å²) < 4.78 is 0. The van der Waals surface area contributed by atoms with Crippen LogP contribution in [0.25, 0.3) is 0 Å². The molecule has 2 aromatic rings. The van der Waals surface area contributed by atoms with Crippen LogP contribution in [0, 0.1) is 6.92 Å². The third kappa shape index (κ3) is 3.12. The molecular weight excluding hydrogens is 341 g/mol. The number of amides is 1. The molecule has 0 unspecified atom stereocenters. The zero-order valence-corrected chi connectivity index (χ0v) is 12.8. The van der Waals surface area contributed by atoms with E-state index in [1.807, 2.05) is 0 Å². The zero-order valence-electron chi connectivity index (χ0n) is 10.5. The van der Waals surface area contributed by atoms with Crippen molar-refractivity contribution in [3.63, 3.8) is 0 Å². The topological polar surface area (TPSA) is 95.1 Å². The van der Waals surface area contributed by atoms with Crippen molar-refractivity contribution in [3.05, 3.63) is 44.4 Å². The van der Waals surface area contributed by atoms with Crippen LogP contribution < -0.4 is 5.32 Å². The largest absolute Gasteiger partial charge is 0.477 e. The van der Waals surface area contributed by atoms with Crippen molar-refractivity contribution in [2.45, 2.75) is 6.92 Å². The summed E-state index contributed by atoms with van der Waals surface area (Å²) in [6.07, 6.45) is 1.19. The number of aryl methyl sites for hydroxylation is 1. The number of nitrogens with zero attached hydrogens (tertiary/aromatic N) is 1. The number of hydrogen-bond donors (Lipinski definition) is 3. The predicted octanol–water partition coefficient (Wildman–Crippen LogP) is 3.63. The van der Waals surface area contributed by atoms with E-state index in [9.17, 15) is 9.59 Å². The van der Waals surface area contributed by atoms with Gasteiger partial charge in [0, 0.05) is 11.9 Å². The second-order valence-electron chi connectivity index (χ2n) is 4.08. The van der Waals surface area contributed by atoms with Crippen LogP contribution in [0.3, 0.4) is 0 Å². The van der Waals surface area contributed by atoms with Gasteiger partial charge in [0.2, 0.25) is 0 Å². The average Bonchev–Trinajstić information content (AvgIpc) is 2.77. The fourth-order valence-corrected chi connectivity index (χ4v) is 2.21. The van der Waals surface area contributed by atoms with Crippen molar-refractivity contribution in [2.75, 3.05) is 5.32 Å². The summed E-state index contributed by atoms with van der Waals surface area (Å²) in [4.78, 5) is 29.6. The highest BCUT2D eigenvalue weighted by Crippen LogP contribution is 2.31. The molecule has 0 saturated carbocycles. The lowest BCUT2D eigenvalue weighted by molar-refractivity contribution is 0.0692. The maximum Gasteiger partial charge on any atom is 0.354 e. The lowest BCUT2D eigenvalue weighted by atomic mass is 10.3. The molecule has 21 heavy (non-hydrogen) atoms. The second-order valence-corrected chi connectivity index (χ2v) is 5.25. The molecule has 0 fully saturated rings. The number of aromatic nitrogens is 2. The molecule has 0 saturated heterocycles. The Labute approximate surface area is 134 Å². The van der Waals surface area contributed by atoms with Gasteiger partial charge in [-0.05, 0) is 13.0 Å². The van der Waals surface area contributed by atoms with Gasteiger partial charge in [-0.1, -0.05) is 34.8 Å². The van der Waals surface area contributed by atoms with E-state index >= 15 is 0 Å². The number of rotatable bonds is 3. The van der Waals surface area contributed by atoms with E-state index in [0.29, 0.717) is 5.69 Å². The van der Waals surface area contributed by atoms with Crippen LogP contribution in [0.1, 0.15) is 26.7 Å². The minimum absolute atomic E-state index is 0.00203. The molecule has 1 amide bonds. The first-order valence-electron chi connectivity index (χ1n) is 5.55. The number of aromatic amines is 1. The molecule has 6 nitrogen and oxygen atoms in total. The van der Waals surface area contributed by atoms with Crippen LogP contribution in [-0.4, -0.2) is 27.0 Å². The first-order chi connectivity index (χ1) is 9.81. The molecule has 0 aliphatic carbocycles. The predicted molar refractivity (Wildman–Crippen MR) is 79.7 cm³/mol. The zero-order chi connectivity index (χ0) is 15.7. The molecule has 2 aromatic heterocycles. The molecule has 3 N–H and O–H groups in total. The number of anilines is 1. The van der Waals surface area contributed by atoms with Crippen molar-refractivity contribution < 1.29 is 14.7 Å². The van der Waals surface area contributed by atoms with Gasteiger partial charge < -0.3 is 15.4 Å². The number of halogens is 3. The minimum Gasteiger partial charge on any atom is -0.477 e. The Morgan fingerprint density at radius 2 is 1.95 bits per heavy atom. The number of hydrogen-bond acceptors (Lipinski definition) is 3. The van der Waals surface area contributed by atoms with Gasteiger partial charge in [0.15, 0.2) is 0 Å². The molecular formula is C12H8Cl3N3O3. The third-order valence-corrected chi connectivity index (χ3v) is 3.79. The number of carbonyl (C=O) groups is 2. The highest BCUT2D eigenvalue weighted by atomic mass is 35.5. The minimum atomic E-state index is -1.20.